The molecule has 1 heterocycles. The molecule has 1 aromatic carbocycles. The molecule has 1 fully saturated rings. The van der Waals surface area contributed by atoms with Gasteiger partial charge in [0.25, 0.3) is 0 Å². The molecule has 1 atom stereocenters. The molecule has 1 unspecified atom stereocenters. The number of carbonyl (C=O) groups excluding carboxylic acids is 1. The van der Waals surface area contributed by atoms with Gasteiger partial charge in [-0.05, 0) is 29.5 Å². The molecule has 1 aromatic rings. The molecule has 3 nitrogen and oxygen atoms in total. The Bertz CT molecular complexity index is 479. The van der Waals surface area contributed by atoms with Crippen LogP contribution in [0, 0.1) is 11.2 Å². The minimum absolute atomic E-state index is 0. The van der Waals surface area contributed by atoms with E-state index in [9.17, 15) is 9.18 Å². The Kier molecular flexibility index (Phi) is 5.54. The highest BCUT2D eigenvalue weighted by Crippen LogP contribution is 2.28. The molecule has 112 valence electrons. The highest BCUT2D eigenvalue weighted by atomic mass is 35.5. The number of piperidine rings is 1. The zero-order valence-electron chi connectivity index (χ0n) is 11.9. The van der Waals surface area contributed by atoms with Crippen LogP contribution in [0.1, 0.15) is 25.8 Å². The van der Waals surface area contributed by atoms with Crippen LogP contribution >= 0.6 is 12.4 Å². The summed E-state index contributed by atoms with van der Waals surface area (Å²) < 4.78 is 13.1. The zero-order valence-corrected chi connectivity index (χ0v) is 12.8. The van der Waals surface area contributed by atoms with Crippen molar-refractivity contribution in [3.8, 4) is 0 Å². The lowest BCUT2D eigenvalue weighted by Crippen LogP contribution is -2.54. The summed E-state index contributed by atoms with van der Waals surface area (Å²) in [6.45, 7) is 5.53. The van der Waals surface area contributed by atoms with Gasteiger partial charge in [0.05, 0.1) is 6.42 Å². The number of benzene rings is 1. The Morgan fingerprint density at radius 1 is 1.50 bits per heavy atom. The number of hydrogen-bond donors (Lipinski definition) is 1. The number of amides is 1. The molecule has 0 radical (unpaired) electrons. The molecule has 1 amide bonds. The Morgan fingerprint density at radius 3 is 2.80 bits per heavy atom. The summed E-state index contributed by atoms with van der Waals surface area (Å²) in [6.07, 6.45) is 1.07. The molecule has 1 aliphatic rings. The lowest BCUT2D eigenvalue weighted by molar-refractivity contribution is -0.133. The van der Waals surface area contributed by atoms with E-state index in [0.717, 1.165) is 12.0 Å². The van der Waals surface area contributed by atoms with Gasteiger partial charge in [-0.15, -0.1) is 12.4 Å². The second kappa shape index (κ2) is 6.55. The van der Waals surface area contributed by atoms with Gasteiger partial charge in [0.2, 0.25) is 5.91 Å². The number of likely N-dealkylation sites (tertiary alicyclic amines) is 1. The first kappa shape index (κ1) is 16.9. The minimum atomic E-state index is -0.300. The molecule has 5 heteroatoms. The standard InChI is InChI=1S/C15H21FN2O.ClH/c1-15(2)10-18(7-6-13(15)17)14(19)9-11-4-3-5-12(16)8-11;/h3-5,8,13H,6-7,9-10,17H2,1-2H3;1H. The lowest BCUT2D eigenvalue weighted by atomic mass is 9.79. The Morgan fingerprint density at radius 2 is 2.20 bits per heavy atom. The molecule has 20 heavy (non-hydrogen) atoms. The van der Waals surface area contributed by atoms with Gasteiger partial charge in [-0.1, -0.05) is 26.0 Å². The van der Waals surface area contributed by atoms with Crippen molar-refractivity contribution >= 4 is 18.3 Å². The molecule has 0 aromatic heterocycles. The van der Waals surface area contributed by atoms with E-state index in [4.69, 9.17) is 5.73 Å². The van der Waals surface area contributed by atoms with E-state index in [1.54, 1.807) is 12.1 Å². The third-order valence-corrected chi connectivity index (χ3v) is 3.91. The number of carbonyl (C=O) groups is 1. The van der Waals surface area contributed by atoms with Crippen molar-refractivity contribution in [2.45, 2.75) is 32.7 Å². The third kappa shape index (κ3) is 3.93. The Balaban J connectivity index is 0.00000200. The van der Waals surface area contributed by atoms with Crippen LogP contribution in [0.2, 0.25) is 0 Å². The highest BCUT2D eigenvalue weighted by Gasteiger charge is 2.35. The summed E-state index contributed by atoms with van der Waals surface area (Å²) in [5, 5.41) is 0. The predicted molar refractivity (Wildman–Crippen MR) is 80.3 cm³/mol. The van der Waals surface area contributed by atoms with Gasteiger partial charge < -0.3 is 10.6 Å². The summed E-state index contributed by atoms with van der Waals surface area (Å²) >= 11 is 0. The van der Waals surface area contributed by atoms with Crippen LogP contribution in [0.5, 0.6) is 0 Å². The van der Waals surface area contributed by atoms with Crippen LogP contribution in [-0.4, -0.2) is 29.9 Å². The summed E-state index contributed by atoms with van der Waals surface area (Å²) in [4.78, 5) is 14.1. The fourth-order valence-electron chi connectivity index (χ4n) is 2.52. The average Bonchev–Trinajstić information content (AvgIpc) is 2.32. The van der Waals surface area contributed by atoms with Crippen LogP contribution in [0.25, 0.3) is 0 Å². The molecular formula is C15H22ClFN2O. The van der Waals surface area contributed by atoms with E-state index < -0.39 is 0 Å². The van der Waals surface area contributed by atoms with Gasteiger partial charge in [0.1, 0.15) is 5.82 Å². The van der Waals surface area contributed by atoms with Crippen LogP contribution in [0.3, 0.4) is 0 Å². The smallest absolute Gasteiger partial charge is 0.227 e. The number of rotatable bonds is 2. The van der Waals surface area contributed by atoms with Crippen LogP contribution in [-0.2, 0) is 11.2 Å². The van der Waals surface area contributed by atoms with Crippen molar-refractivity contribution in [2.24, 2.45) is 11.1 Å². The van der Waals surface area contributed by atoms with Crippen LogP contribution < -0.4 is 5.73 Å². The van der Waals surface area contributed by atoms with Gasteiger partial charge in [-0.3, -0.25) is 4.79 Å². The Hall–Kier alpha value is -1.13. The largest absolute Gasteiger partial charge is 0.342 e. The van der Waals surface area contributed by atoms with E-state index in [0.29, 0.717) is 13.1 Å². The number of hydrogen-bond acceptors (Lipinski definition) is 2. The molecule has 2 rings (SSSR count). The maximum absolute atomic E-state index is 13.1. The first-order chi connectivity index (χ1) is 8.88. The Labute approximate surface area is 125 Å². The van der Waals surface area contributed by atoms with Crippen molar-refractivity contribution in [2.75, 3.05) is 13.1 Å². The summed E-state index contributed by atoms with van der Waals surface area (Å²) in [6, 6.07) is 6.34. The summed E-state index contributed by atoms with van der Waals surface area (Å²) in [5.74, 6) is -0.253. The molecule has 1 saturated heterocycles. The minimum Gasteiger partial charge on any atom is -0.342 e. The second-order valence-corrected chi connectivity index (χ2v) is 6.01. The van der Waals surface area contributed by atoms with Crippen molar-refractivity contribution in [3.63, 3.8) is 0 Å². The number of halogens is 2. The maximum Gasteiger partial charge on any atom is 0.227 e. The molecule has 1 aliphatic heterocycles. The number of nitrogens with two attached hydrogens (primary N) is 1. The van der Waals surface area contributed by atoms with Crippen molar-refractivity contribution < 1.29 is 9.18 Å². The SMILES string of the molecule is CC1(C)CN(C(=O)Cc2cccc(F)c2)CCC1N.Cl. The van der Waals surface area contributed by atoms with Gasteiger partial charge in [0, 0.05) is 19.1 Å². The first-order valence-electron chi connectivity index (χ1n) is 6.66. The van der Waals surface area contributed by atoms with Gasteiger partial charge in [-0.2, -0.15) is 0 Å². The van der Waals surface area contributed by atoms with E-state index in [2.05, 4.69) is 13.8 Å². The topological polar surface area (TPSA) is 46.3 Å². The maximum atomic E-state index is 13.1. The molecular weight excluding hydrogens is 279 g/mol. The second-order valence-electron chi connectivity index (χ2n) is 6.01. The quantitative estimate of drug-likeness (QED) is 0.911. The predicted octanol–water partition coefficient (Wildman–Crippen LogP) is 2.38. The van der Waals surface area contributed by atoms with Crippen molar-refractivity contribution in [1.29, 1.82) is 0 Å². The van der Waals surface area contributed by atoms with Crippen molar-refractivity contribution in [3.05, 3.63) is 35.6 Å². The molecule has 2 N–H and O–H groups in total. The third-order valence-electron chi connectivity index (χ3n) is 3.91. The van der Waals surface area contributed by atoms with E-state index in [1.807, 2.05) is 4.90 Å². The van der Waals surface area contributed by atoms with Crippen LogP contribution in [0.4, 0.5) is 4.39 Å². The summed E-state index contributed by atoms with van der Waals surface area (Å²) in [7, 11) is 0. The first-order valence-corrected chi connectivity index (χ1v) is 6.66. The summed E-state index contributed by atoms with van der Waals surface area (Å²) in [5.41, 5.74) is 6.72. The monoisotopic (exact) mass is 300 g/mol. The molecule has 0 spiro atoms. The zero-order chi connectivity index (χ0) is 14.0. The van der Waals surface area contributed by atoms with E-state index >= 15 is 0 Å². The van der Waals surface area contributed by atoms with Crippen molar-refractivity contribution in [1.82, 2.24) is 4.90 Å². The fraction of sp³-hybridized carbons (Fsp3) is 0.533. The van der Waals surface area contributed by atoms with E-state index in [-0.39, 0.29) is 42.0 Å². The van der Waals surface area contributed by atoms with Gasteiger partial charge in [0.15, 0.2) is 0 Å². The van der Waals surface area contributed by atoms with Crippen LogP contribution in [0.15, 0.2) is 24.3 Å². The lowest BCUT2D eigenvalue weighted by Gasteiger charge is -2.42. The van der Waals surface area contributed by atoms with Gasteiger partial charge >= 0.3 is 0 Å². The number of nitrogens with zero attached hydrogens (tertiary/aromatic N) is 1. The fourth-order valence-corrected chi connectivity index (χ4v) is 2.52. The highest BCUT2D eigenvalue weighted by molar-refractivity contribution is 5.85. The average molecular weight is 301 g/mol. The normalized spacial score (nSPS) is 21.2. The molecule has 0 bridgehead atoms. The molecule has 0 saturated carbocycles. The molecule has 0 aliphatic carbocycles. The van der Waals surface area contributed by atoms with Gasteiger partial charge in [-0.25, -0.2) is 4.39 Å². The van der Waals surface area contributed by atoms with E-state index in [1.165, 1.54) is 12.1 Å².